The molecule has 94 valence electrons. The zero-order valence-electron chi connectivity index (χ0n) is 10.8. The smallest absolute Gasteiger partial charge is 0.306 e. The summed E-state index contributed by atoms with van der Waals surface area (Å²) in [6.45, 7) is 8.68. The molecule has 1 fully saturated rings. The molecular weight excluding hydrogens is 202 g/mol. The lowest BCUT2D eigenvalue weighted by Crippen LogP contribution is -2.41. The van der Waals surface area contributed by atoms with Gasteiger partial charge >= 0.3 is 5.97 Å². The number of likely N-dealkylation sites (tertiary alicyclic amines) is 1. The predicted octanol–water partition coefficient (Wildman–Crippen LogP) is 2.61. The van der Waals surface area contributed by atoms with E-state index in [9.17, 15) is 4.79 Å². The molecule has 1 rings (SSSR count). The van der Waals surface area contributed by atoms with Crippen LogP contribution in [0.2, 0.25) is 0 Å². The molecule has 0 aromatic rings. The lowest BCUT2D eigenvalue weighted by molar-refractivity contribution is -0.143. The highest BCUT2D eigenvalue weighted by Crippen LogP contribution is 2.21. The third kappa shape index (κ3) is 4.12. The fourth-order valence-electron chi connectivity index (χ4n) is 2.34. The van der Waals surface area contributed by atoms with Crippen molar-refractivity contribution in [1.29, 1.82) is 0 Å². The highest BCUT2D eigenvalue weighted by atomic mass is 16.4. The van der Waals surface area contributed by atoms with Crippen molar-refractivity contribution in [3.63, 3.8) is 0 Å². The van der Waals surface area contributed by atoms with E-state index in [4.69, 9.17) is 5.11 Å². The van der Waals surface area contributed by atoms with Crippen LogP contribution in [-0.4, -0.2) is 35.1 Å². The van der Waals surface area contributed by atoms with Gasteiger partial charge in [0.25, 0.3) is 0 Å². The number of aliphatic carboxylic acids is 1. The maximum Gasteiger partial charge on any atom is 0.306 e. The molecule has 0 aliphatic carbocycles. The summed E-state index contributed by atoms with van der Waals surface area (Å²) in [5.74, 6) is 0.0436. The van der Waals surface area contributed by atoms with Crippen LogP contribution in [-0.2, 0) is 4.79 Å². The van der Waals surface area contributed by atoms with E-state index in [1.807, 2.05) is 0 Å². The summed E-state index contributed by atoms with van der Waals surface area (Å²) in [7, 11) is 0. The highest BCUT2D eigenvalue weighted by Gasteiger charge is 2.26. The number of hydrogen-bond acceptors (Lipinski definition) is 2. The number of carboxylic acids is 1. The minimum Gasteiger partial charge on any atom is -0.481 e. The standard InChI is InChI=1S/C13H25NO2/c1-10(2)4-5-11(3)14-8-6-12(7-9-14)13(15)16/h10-12H,4-9H2,1-3H3,(H,15,16). The summed E-state index contributed by atoms with van der Waals surface area (Å²) in [4.78, 5) is 13.3. The zero-order chi connectivity index (χ0) is 12.1. The Kier molecular flexibility index (Phi) is 5.26. The topological polar surface area (TPSA) is 40.5 Å². The minimum atomic E-state index is -0.616. The first-order chi connectivity index (χ1) is 7.50. The van der Waals surface area contributed by atoms with E-state index in [0.29, 0.717) is 6.04 Å². The molecule has 1 atom stereocenters. The normalized spacial score (nSPS) is 21.2. The van der Waals surface area contributed by atoms with Crippen LogP contribution < -0.4 is 0 Å². The molecule has 1 unspecified atom stereocenters. The van der Waals surface area contributed by atoms with Gasteiger partial charge in [0, 0.05) is 6.04 Å². The molecule has 0 spiro atoms. The molecule has 1 heterocycles. The van der Waals surface area contributed by atoms with Gasteiger partial charge in [0.1, 0.15) is 0 Å². The van der Waals surface area contributed by atoms with Gasteiger partial charge in [0.05, 0.1) is 5.92 Å². The summed E-state index contributed by atoms with van der Waals surface area (Å²) in [6.07, 6.45) is 4.14. The average Bonchev–Trinajstić information content (AvgIpc) is 2.26. The monoisotopic (exact) mass is 227 g/mol. The number of carbonyl (C=O) groups is 1. The Hall–Kier alpha value is -0.570. The van der Waals surface area contributed by atoms with Gasteiger partial charge in [-0.15, -0.1) is 0 Å². The molecular formula is C13H25NO2. The fraction of sp³-hybridized carbons (Fsp3) is 0.923. The first-order valence-corrected chi connectivity index (χ1v) is 6.47. The Morgan fingerprint density at radius 1 is 1.25 bits per heavy atom. The first kappa shape index (κ1) is 13.5. The lowest BCUT2D eigenvalue weighted by Gasteiger charge is -2.35. The van der Waals surface area contributed by atoms with Gasteiger partial charge in [-0.2, -0.15) is 0 Å². The van der Waals surface area contributed by atoms with E-state index < -0.39 is 5.97 Å². The molecule has 1 saturated heterocycles. The lowest BCUT2D eigenvalue weighted by atomic mass is 9.95. The van der Waals surface area contributed by atoms with Crippen molar-refractivity contribution in [1.82, 2.24) is 4.90 Å². The van der Waals surface area contributed by atoms with E-state index in [2.05, 4.69) is 25.7 Å². The molecule has 1 aliphatic heterocycles. The summed E-state index contributed by atoms with van der Waals surface area (Å²) < 4.78 is 0. The summed E-state index contributed by atoms with van der Waals surface area (Å²) in [5.41, 5.74) is 0. The second-order valence-electron chi connectivity index (χ2n) is 5.47. The summed E-state index contributed by atoms with van der Waals surface area (Å²) >= 11 is 0. The van der Waals surface area contributed by atoms with Gasteiger partial charge in [0.2, 0.25) is 0 Å². The Morgan fingerprint density at radius 3 is 2.25 bits per heavy atom. The van der Waals surface area contributed by atoms with E-state index >= 15 is 0 Å². The molecule has 1 N–H and O–H groups in total. The van der Waals surface area contributed by atoms with Crippen molar-refractivity contribution in [2.75, 3.05) is 13.1 Å². The van der Waals surface area contributed by atoms with Gasteiger partial charge in [-0.25, -0.2) is 0 Å². The van der Waals surface area contributed by atoms with Crippen LogP contribution in [0.4, 0.5) is 0 Å². The second kappa shape index (κ2) is 6.24. The van der Waals surface area contributed by atoms with Gasteiger partial charge < -0.3 is 10.0 Å². The Balaban J connectivity index is 2.27. The van der Waals surface area contributed by atoms with Crippen molar-refractivity contribution in [2.24, 2.45) is 11.8 Å². The summed E-state index contributed by atoms with van der Waals surface area (Å²) in [5, 5.41) is 8.92. The maximum atomic E-state index is 10.8. The zero-order valence-corrected chi connectivity index (χ0v) is 10.8. The SMILES string of the molecule is CC(C)CCC(C)N1CCC(C(=O)O)CC1. The molecule has 0 saturated carbocycles. The number of hydrogen-bond donors (Lipinski definition) is 1. The van der Waals surface area contributed by atoms with Crippen LogP contribution in [0.1, 0.15) is 46.5 Å². The van der Waals surface area contributed by atoms with E-state index in [1.54, 1.807) is 0 Å². The molecule has 3 heteroatoms. The molecule has 0 aromatic carbocycles. The average molecular weight is 227 g/mol. The largest absolute Gasteiger partial charge is 0.481 e. The molecule has 0 radical (unpaired) electrons. The third-order valence-corrected chi connectivity index (χ3v) is 3.66. The molecule has 0 aromatic heterocycles. The van der Waals surface area contributed by atoms with E-state index in [1.165, 1.54) is 12.8 Å². The van der Waals surface area contributed by atoms with Crippen molar-refractivity contribution in [2.45, 2.75) is 52.5 Å². The van der Waals surface area contributed by atoms with Gasteiger partial charge in [-0.05, 0) is 51.6 Å². The second-order valence-corrected chi connectivity index (χ2v) is 5.47. The Bertz CT molecular complexity index is 220. The minimum absolute atomic E-state index is 0.103. The molecule has 1 aliphatic rings. The molecule has 0 bridgehead atoms. The number of nitrogens with zero attached hydrogens (tertiary/aromatic N) is 1. The van der Waals surface area contributed by atoms with E-state index in [0.717, 1.165) is 31.8 Å². The molecule has 3 nitrogen and oxygen atoms in total. The maximum absolute atomic E-state index is 10.8. The van der Waals surface area contributed by atoms with Crippen molar-refractivity contribution in [3.05, 3.63) is 0 Å². The van der Waals surface area contributed by atoms with Crippen LogP contribution in [0, 0.1) is 11.8 Å². The highest BCUT2D eigenvalue weighted by molar-refractivity contribution is 5.70. The van der Waals surface area contributed by atoms with Crippen molar-refractivity contribution in [3.8, 4) is 0 Å². The van der Waals surface area contributed by atoms with Crippen molar-refractivity contribution >= 4 is 5.97 Å². The number of rotatable bonds is 5. The van der Waals surface area contributed by atoms with E-state index in [-0.39, 0.29) is 5.92 Å². The molecule has 16 heavy (non-hydrogen) atoms. The first-order valence-electron chi connectivity index (χ1n) is 6.47. The predicted molar refractivity (Wildman–Crippen MR) is 65.5 cm³/mol. The number of piperidine rings is 1. The van der Waals surface area contributed by atoms with Crippen LogP contribution in [0.5, 0.6) is 0 Å². The quantitative estimate of drug-likeness (QED) is 0.785. The van der Waals surface area contributed by atoms with Crippen LogP contribution in [0.3, 0.4) is 0 Å². The Labute approximate surface area is 98.8 Å². The van der Waals surface area contributed by atoms with Gasteiger partial charge in [-0.3, -0.25) is 4.79 Å². The van der Waals surface area contributed by atoms with Crippen LogP contribution in [0.15, 0.2) is 0 Å². The summed E-state index contributed by atoms with van der Waals surface area (Å²) in [6, 6.07) is 0.608. The van der Waals surface area contributed by atoms with Crippen LogP contribution >= 0.6 is 0 Å². The molecule has 0 amide bonds. The van der Waals surface area contributed by atoms with Crippen LogP contribution in [0.25, 0.3) is 0 Å². The Morgan fingerprint density at radius 2 is 1.81 bits per heavy atom. The fourth-order valence-corrected chi connectivity index (χ4v) is 2.34. The van der Waals surface area contributed by atoms with Gasteiger partial charge in [0.15, 0.2) is 0 Å². The van der Waals surface area contributed by atoms with Crippen molar-refractivity contribution < 1.29 is 9.90 Å². The third-order valence-electron chi connectivity index (χ3n) is 3.66. The number of carboxylic acid groups (broad SMARTS) is 1. The van der Waals surface area contributed by atoms with Gasteiger partial charge in [-0.1, -0.05) is 13.8 Å².